The normalized spacial score (nSPS) is 22.0. The van der Waals surface area contributed by atoms with Gasteiger partial charge in [-0.1, -0.05) is 12.1 Å². The van der Waals surface area contributed by atoms with E-state index in [1.54, 1.807) is 6.07 Å². The summed E-state index contributed by atoms with van der Waals surface area (Å²) in [4.78, 5) is 16.4. The zero-order chi connectivity index (χ0) is 13.9. The third kappa shape index (κ3) is 3.41. The number of phenolic OH excluding ortho intramolecular Hbond substituents is 1. The molecule has 6 heteroatoms. The van der Waals surface area contributed by atoms with Crippen molar-refractivity contribution in [1.82, 2.24) is 10.2 Å². The minimum absolute atomic E-state index is 0. The van der Waals surface area contributed by atoms with Gasteiger partial charge in [0.25, 0.3) is 0 Å². The molecule has 2 aliphatic heterocycles. The molecule has 0 aromatic heterocycles. The van der Waals surface area contributed by atoms with E-state index in [1.807, 2.05) is 23.1 Å². The van der Waals surface area contributed by atoms with E-state index < -0.39 is 0 Å². The first-order valence-corrected chi connectivity index (χ1v) is 7.31. The van der Waals surface area contributed by atoms with Gasteiger partial charge in [0, 0.05) is 26.2 Å². The second-order valence-electron chi connectivity index (χ2n) is 5.45. The highest BCUT2D eigenvalue weighted by Gasteiger charge is 2.29. The van der Waals surface area contributed by atoms with Gasteiger partial charge in [-0.05, 0) is 31.5 Å². The van der Waals surface area contributed by atoms with Gasteiger partial charge in [-0.25, -0.2) is 0 Å². The maximum atomic E-state index is 12.3. The van der Waals surface area contributed by atoms with Crippen LogP contribution in [0.1, 0.15) is 12.8 Å². The lowest BCUT2D eigenvalue weighted by atomic mass is 10.1. The third-order valence-corrected chi connectivity index (χ3v) is 4.17. The molecule has 0 aliphatic carbocycles. The Kier molecular flexibility index (Phi) is 5.31. The van der Waals surface area contributed by atoms with Crippen molar-refractivity contribution in [3.8, 4) is 5.75 Å². The summed E-state index contributed by atoms with van der Waals surface area (Å²) in [6.45, 7) is 3.96. The fourth-order valence-electron chi connectivity index (χ4n) is 3.02. The third-order valence-electron chi connectivity index (χ3n) is 4.17. The molecule has 116 valence electrons. The van der Waals surface area contributed by atoms with E-state index in [0.29, 0.717) is 5.75 Å². The molecule has 1 aromatic rings. The Balaban J connectivity index is 0.00000161. The summed E-state index contributed by atoms with van der Waals surface area (Å²) in [6.07, 6.45) is 2.05. The van der Waals surface area contributed by atoms with E-state index >= 15 is 0 Å². The Bertz CT molecular complexity index is 484. The number of rotatable bonds is 2. The molecule has 0 radical (unpaired) electrons. The van der Waals surface area contributed by atoms with E-state index in [4.69, 9.17) is 0 Å². The van der Waals surface area contributed by atoms with Crippen molar-refractivity contribution in [2.45, 2.75) is 18.9 Å². The Labute approximate surface area is 131 Å². The fourth-order valence-corrected chi connectivity index (χ4v) is 3.02. The molecule has 2 saturated heterocycles. The predicted octanol–water partition coefficient (Wildman–Crippen LogP) is 1.21. The van der Waals surface area contributed by atoms with Gasteiger partial charge >= 0.3 is 0 Å². The number of aromatic hydroxyl groups is 1. The molecular weight excluding hydrogens is 290 g/mol. The van der Waals surface area contributed by atoms with Gasteiger partial charge in [-0.2, -0.15) is 0 Å². The molecule has 3 rings (SSSR count). The summed E-state index contributed by atoms with van der Waals surface area (Å²) < 4.78 is 0. The van der Waals surface area contributed by atoms with E-state index in [9.17, 15) is 9.90 Å². The molecule has 1 aromatic carbocycles. The number of amides is 1. The first-order valence-electron chi connectivity index (χ1n) is 7.31. The van der Waals surface area contributed by atoms with Gasteiger partial charge in [-0.3, -0.25) is 4.79 Å². The number of benzene rings is 1. The molecule has 0 spiro atoms. The number of hydrogen-bond acceptors (Lipinski definition) is 4. The monoisotopic (exact) mass is 311 g/mol. The molecule has 2 N–H and O–H groups in total. The molecule has 2 aliphatic rings. The fraction of sp³-hybridized carbons (Fsp3) is 0.533. The van der Waals surface area contributed by atoms with E-state index in [0.717, 1.165) is 51.3 Å². The highest BCUT2D eigenvalue weighted by molar-refractivity contribution is 5.85. The number of anilines is 1. The quantitative estimate of drug-likeness (QED) is 0.862. The Morgan fingerprint density at radius 1 is 1.19 bits per heavy atom. The lowest BCUT2D eigenvalue weighted by molar-refractivity contribution is -0.133. The van der Waals surface area contributed by atoms with Crippen LogP contribution >= 0.6 is 12.4 Å². The van der Waals surface area contributed by atoms with Crippen molar-refractivity contribution in [3.05, 3.63) is 24.3 Å². The summed E-state index contributed by atoms with van der Waals surface area (Å²) in [7, 11) is 0. The first-order chi connectivity index (χ1) is 9.75. The van der Waals surface area contributed by atoms with Crippen LogP contribution in [-0.2, 0) is 4.79 Å². The number of para-hydroxylation sites is 2. The van der Waals surface area contributed by atoms with Crippen molar-refractivity contribution in [1.29, 1.82) is 0 Å². The van der Waals surface area contributed by atoms with Crippen molar-refractivity contribution < 1.29 is 9.90 Å². The zero-order valence-electron chi connectivity index (χ0n) is 12.0. The number of nitrogens with one attached hydrogen (secondary N) is 1. The molecule has 1 atom stereocenters. The van der Waals surface area contributed by atoms with Crippen LogP contribution in [0.25, 0.3) is 0 Å². The lowest BCUT2D eigenvalue weighted by Gasteiger charge is -2.37. The van der Waals surface area contributed by atoms with Crippen LogP contribution in [0.15, 0.2) is 24.3 Å². The SMILES string of the molecule is Cl.O=C(C1CCCN1)N1CCN(c2ccccc2O)CC1. The highest BCUT2D eigenvalue weighted by Crippen LogP contribution is 2.27. The van der Waals surface area contributed by atoms with Crippen molar-refractivity contribution in [2.24, 2.45) is 0 Å². The Morgan fingerprint density at radius 3 is 2.52 bits per heavy atom. The molecule has 2 heterocycles. The topological polar surface area (TPSA) is 55.8 Å². The van der Waals surface area contributed by atoms with Crippen LogP contribution in [0, 0.1) is 0 Å². The van der Waals surface area contributed by atoms with E-state index in [-0.39, 0.29) is 24.4 Å². The van der Waals surface area contributed by atoms with Crippen LogP contribution < -0.4 is 10.2 Å². The number of piperazine rings is 1. The molecule has 2 fully saturated rings. The molecule has 21 heavy (non-hydrogen) atoms. The minimum atomic E-state index is 0. The van der Waals surface area contributed by atoms with Crippen LogP contribution in [0.5, 0.6) is 5.75 Å². The van der Waals surface area contributed by atoms with Crippen molar-refractivity contribution in [3.63, 3.8) is 0 Å². The summed E-state index contributed by atoms with van der Waals surface area (Å²) in [5.74, 6) is 0.546. The number of halogens is 1. The number of hydrogen-bond donors (Lipinski definition) is 2. The van der Waals surface area contributed by atoms with Crippen LogP contribution in [0.4, 0.5) is 5.69 Å². The standard InChI is InChI=1S/C15H21N3O2.ClH/c19-14-6-2-1-5-13(14)17-8-10-18(11-9-17)15(20)12-4-3-7-16-12;/h1-2,5-6,12,16,19H,3-4,7-11H2;1H. The van der Waals surface area contributed by atoms with Crippen molar-refractivity contribution >= 4 is 24.0 Å². The van der Waals surface area contributed by atoms with Gasteiger partial charge in [-0.15, -0.1) is 12.4 Å². The van der Waals surface area contributed by atoms with Gasteiger partial charge in [0.05, 0.1) is 11.7 Å². The van der Waals surface area contributed by atoms with E-state index in [2.05, 4.69) is 10.2 Å². The van der Waals surface area contributed by atoms with Crippen molar-refractivity contribution in [2.75, 3.05) is 37.6 Å². The Morgan fingerprint density at radius 2 is 1.90 bits per heavy atom. The number of phenols is 1. The molecule has 1 amide bonds. The second kappa shape index (κ2) is 7.00. The highest BCUT2D eigenvalue weighted by atomic mass is 35.5. The first kappa shape index (κ1) is 15.9. The lowest BCUT2D eigenvalue weighted by Crippen LogP contribution is -2.53. The number of carbonyl (C=O) groups excluding carboxylic acids is 1. The van der Waals surface area contributed by atoms with Gasteiger partial charge in [0.15, 0.2) is 0 Å². The van der Waals surface area contributed by atoms with Gasteiger partial charge < -0.3 is 20.2 Å². The molecule has 1 unspecified atom stereocenters. The van der Waals surface area contributed by atoms with Crippen LogP contribution in [-0.4, -0.2) is 54.7 Å². The average Bonchev–Trinajstić information content (AvgIpc) is 3.01. The molecular formula is C15H22ClN3O2. The average molecular weight is 312 g/mol. The number of carbonyl (C=O) groups is 1. The summed E-state index contributed by atoms with van der Waals surface area (Å²) >= 11 is 0. The molecule has 5 nitrogen and oxygen atoms in total. The summed E-state index contributed by atoms with van der Waals surface area (Å²) in [5.41, 5.74) is 0.860. The van der Waals surface area contributed by atoms with Gasteiger partial charge in [0.1, 0.15) is 5.75 Å². The minimum Gasteiger partial charge on any atom is -0.506 e. The molecule has 0 saturated carbocycles. The number of nitrogens with zero attached hydrogens (tertiary/aromatic N) is 2. The van der Waals surface area contributed by atoms with Crippen LogP contribution in [0.3, 0.4) is 0 Å². The maximum Gasteiger partial charge on any atom is 0.239 e. The largest absolute Gasteiger partial charge is 0.506 e. The second-order valence-corrected chi connectivity index (χ2v) is 5.45. The smallest absolute Gasteiger partial charge is 0.239 e. The summed E-state index contributed by atoms with van der Waals surface area (Å²) in [6, 6.07) is 7.40. The Hall–Kier alpha value is -1.46. The molecule has 0 bridgehead atoms. The predicted molar refractivity (Wildman–Crippen MR) is 85.2 cm³/mol. The van der Waals surface area contributed by atoms with Gasteiger partial charge in [0.2, 0.25) is 5.91 Å². The summed E-state index contributed by atoms with van der Waals surface area (Å²) in [5, 5.41) is 13.1. The van der Waals surface area contributed by atoms with Crippen LogP contribution in [0.2, 0.25) is 0 Å². The maximum absolute atomic E-state index is 12.3. The van der Waals surface area contributed by atoms with E-state index in [1.165, 1.54) is 0 Å². The zero-order valence-corrected chi connectivity index (χ0v) is 12.8.